The van der Waals surface area contributed by atoms with Crippen molar-refractivity contribution in [3.63, 3.8) is 0 Å². The zero-order chi connectivity index (χ0) is 13.8. The zero-order valence-corrected chi connectivity index (χ0v) is 12.1. The highest BCUT2D eigenvalue weighted by Gasteiger charge is 2.38. The Hall–Kier alpha value is -0.620. The van der Waals surface area contributed by atoms with Crippen LogP contribution in [0, 0.1) is 5.41 Å². The molecule has 0 radical (unpaired) electrons. The van der Waals surface area contributed by atoms with E-state index in [1.165, 1.54) is 0 Å². The van der Waals surface area contributed by atoms with Crippen LogP contribution in [0.5, 0.6) is 0 Å². The first-order chi connectivity index (χ1) is 8.38. The van der Waals surface area contributed by atoms with E-state index in [1.54, 1.807) is 0 Å². The monoisotopic (exact) mass is 275 g/mol. The van der Waals surface area contributed by atoms with Crippen LogP contribution in [-0.4, -0.2) is 25.0 Å². The van der Waals surface area contributed by atoms with E-state index in [2.05, 4.69) is 4.72 Å². The van der Waals surface area contributed by atoms with Gasteiger partial charge in [0, 0.05) is 0 Å². The number of hydrogen-bond acceptors (Lipinski definition) is 3. The van der Waals surface area contributed by atoms with Crippen LogP contribution < -0.4 is 10.5 Å². The van der Waals surface area contributed by atoms with Gasteiger partial charge in [-0.05, 0) is 25.7 Å². The van der Waals surface area contributed by atoms with Gasteiger partial charge in [-0.25, -0.2) is 13.1 Å². The minimum Gasteiger partial charge on any atom is -0.386 e. The zero-order valence-electron chi connectivity index (χ0n) is 11.3. The highest BCUT2D eigenvalue weighted by molar-refractivity contribution is 7.90. The van der Waals surface area contributed by atoms with Crippen molar-refractivity contribution < 1.29 is 8.42 Å². The summed E-state index contributed by atoms with van der Waals surface area (Å²) in [6.07, 6.45) is 5.50. The van der Waals surface area contributed by atoms with Gasteiger partial charge >= 0.3 is 0 Å². The van der Waals surface area contributed by atoms with E-state index in [0.29, 0.717) is 12.8 Å². The van der Waals surface area contributed by atoms with Crippen LogP contribution in [0.2, 0.25) is 0 Å². The molecule has 0 heterocycles. The minimum atomic E-state index is -3.38. The van der Waals surface area contributed by atoms with Gasteiger partial charge in [0.25, 0.3) is 0 Å². The lowest BCUT2D eigenvalue weighted by molar-refractivity contribution is 0.434. The number of nitrogens with two attached hydrogens (primary N) is 1. The Labute approximate surface area is 110 Å². The maximum Gasteiger partial charge on any atom is 0.215 e. The number of nitrogens with one attached hydrogen (secondary N) is 2. The number of rotatable bonds is 6. The molecule has 0 amide bonds. The summed E-state index contributed by atoms with van der Waals surface area (Å²) in [5.74, 6) is -0.0908. The minimum absolute atomic E-state index is 0.0908. The predicted molar refractivity (Wildman–Crippen MR) is 74.2 cm³/mol. The van der Waals surface area contributed by atoms with E-state index in [9.17, 15) is 8.42 Å². The summed E-state index contributed by atoms with van der Waals surface area (Å²) < 4.78 is 27.4. The highest BCUT2D eigenvalue weighted by atomic mass is 32.2. The van der Waals surface area contributed by atoms with E-state index >= 15 is 0 Å². The molecule has 0 unspecified atom stereocenters. The fourth-order valence-electron chi connectivity index (χ4n) is 2.56. The first-order valence-electron chi connectivity index (χ1n) is 6.75. The number of hydrogen-bond donors (Lipinski definition) is 3. The molecule has 1 aliphatic rings. The first-order valence-corrected chi connectivity index (χ1v) is 8.30. The first kappa shape index (κ1) is 15.4. The third-order valence-corrected chi connectivity index (χ3v) is 6.08. The van der Waals surface area contributed by atoms with Gasteiger partial charge in [-0.15, -0.1) is 0 Å². The van der Waals surface area contributed by atoms with Gasteiger partial charge in [0.1, 0.15) is 5.84 Å². The van der Waals surface area contributed by atoms with E-state index in [1.807, 2.05) is 13.8 Å². The maximum absolute atomic E-state index is 12.4. The molecule has 0 aromatic rings. The molecule has 0 aliphatic heterocycles. The van der Waals surface area contributed by atoms with Crippen molar-refractivity contribution in [2.75, 3.05) is 0 Å². The molecule has 6 heteroatoms. The highest BCUT2D eigenvalue weighted by Crippen LogP contribution is 2.26. The SMILES string of the molecule is CCC(CC)(NS(=O)(=O)C1CCCCC1)C(=N)N. The van der Waals surface area contributed by atoms with Gasteiger partial charge in [0.05, 0.1) is 10.8 Å². The second-order valence-electron chi connectivity index (χ2n) is 5.11. The van der Waals surface area contributed by atoms with Crippen LogP contribution in [-0.2, 0) is 10.0 Å². The summed E-state index contributed by atoms with van der Waals surface area (Å²) in [4.78, 5) is 0. The summed E-state index contributed by atoms with van der Waals surface area (Å²) in [5, 5.41) is 7.33. The smallest absolute Gasteiger partial charge is 0.215 e. The van der Waals surface area contributed by atoms with Crippen LogP contribution >= 0.6 is 0 Å². The van der Waals surface area contributed by atoms with Crippen molar-refractivity contribution in [3.05, 3.63) is 0 Å². The van der Waals surface area contributed by atoms with Crippen molar-refractivity contribution in [2.45, 2.75) is 69.6 Å². The standard InChI is InChI=1S/C12H25N3O2S/c1-3-12(4-2,11(13)14)15-18(16,17)10-8-6-5-7-9-10/h10,15H,3-9H2,1-2H3,(H3,13,14). The van der Waals surface area contributed by atoms with Crippen LogP contribution in [0.15, 0.2) is 0 Å². The molecule has 5 nitrogen and oxygen atoms in total. The van der Waals surface area contributed by atoms with Crippen molar-refractivity contribution in [2.24, 2.45) is 5.73 Å². The van der Waals surface area contributed by atoms with E-state index in [-0.39, 0.29) is 11.1 Å². The average molecular weight is 275 g/mol. The molecule has 0 aromatic heterocycles. The molecule has 18 heavy (non-hydrogen) atoms. The fraction of sp³-hybridized carbons (Fsp3) is 0.917. The van der Waals surface area contributed by atoms with Gasteiger partial charge in [-0.1, -0.05) is 33.1 Å². The Balaban J connectivity index is 2.88. The van der Waals surface area contributed by atoms with E-state index < -0.39 is 15.6 Å². The third-order valence-electron chi connectivity index (χ3n) is 4.05. The van der Waals surface area contributed by atoms with Crippen LogP contribution in [0.1, 0.15) is 58.8 Å². The fourth-order valence-corrected chi connectivity index (χ4v) is 4.63. The molecular formula is C12H25N3O2S. The maximum atomic E-state index is 12.4. The van der Waals surface area contributed by atoms with Crippen molar-refractivity contribution in [1.82, 2.24) is 4.72 Å². The molecule has 0 aromatic carbocycles. The summed E-state index contributed by atoms with van der Waals surface area (Å²) in [6.45, 7) is 3.71. The van der Waals surface area contributed by atoms with E-state index in [4.69, 9.17) is 11.1 Å². The van der Waals surface area contributed by atoms with Crippen LogP contribution in [0.4, 0.5) is 0 Å². The van der Waals surface area contributed by atoms with Gasteiger partial charge in [0.15, 0.2) is 0 Å². The van der Waals surface area contributed by atoms with Crippen molar-refractivity contribution in [1.29, 1.82) is 5.41 Å². The number of sulfonamides is 1. The average Bonchev–Trinajstić information content (AvgIpc) is 2.37. The normalized spacial score (nSPS) is 18.8. The lowest BCUT2D eigenvalue weighted by Gasteiger charge is -2.33. The number of amidine groups is 1. The molecular weight excluding hydrogens is 250 g/mol. The predicted octanol–water partition coefficient (Wildman–Crippen LogP) is 1.73. The largest absolute Gasteiger partial charge is 0.386 e. The molecule has 1 aliphatic carbocycles. The molecule has 1 fully saturated rings. The summed E-state index contributed by atoms with van der Waals surface area (Å²) in [5.41, 5.74) is 4.68. The Morgan fingerprint density at radius 3 is 2.17 bits per heavy atom. The van der Waals surface area contributed by atoms with Crippen LogP contribution in [0.25, 0.3) is 0 Å². The van der Waals surface area contributed by atoms with Crippen molar-refractivity contribution >= 4 is 15.9 Å². The van der Waals surface area contributed by atoms with Crippen molar-refractivity contribution in [3.8, 4) is 0 Å². The second kappa shape index (κ2) is 6.02. The second-order valence-corrected chi connectivity index (χ2v) is 7.07. The summed E-state index contributed by atoms with van der Waals surface area (Å²) in [6, 6.07) is 0. The molecule has 1 saturated carbocycles. The summed E-state index contributed by atoms with van der Waals surface area (Å²) >= 11 is 0. The lowest BCUT2D eigenvalue weighted by atomic mass is 9.93. The molecule has 0 saturated heterocycles. The summed E-state index contributed by atoms with van der Waals surface area (Å²) in [7, 11) is -3.38. The van der Waals surface area contributed by atoms with Gasteiger partial charge in [0.2, 0.25) is 10.0 Å². The lowest BCUT2D eigenvalue weighted by Crippen LogP contribution is -2.58. The molecule has 0 spiro atoms. The Morgan fingerprint density at radius 2 is 1.78 bits per heavy atom. The molecule has 0 atom stereocenters. The molecule has 106 valence electrons. The van der Waals surface area contributed by atoms with Gasteiger partial charge < -0.3 is 5.73 Å². The van der Waals surface area contributed by atoms with Crippen LogP contribution in [0.3, 0.4) is 0 Å². The third kappa shape index (κ3) is 3.23. The Bertz CT molecular complexity index is 382. The van der Waals surface area contributed by atoms with E-state index in [0.717, 1.165) is 32.1 Å². The Kier molecular flexibility index (Phi) is 5.16. The molecule has 0 bridgehead atoms. The quantitative estimate of drug-likeness (QED) is 0.509. The Morgan fingerprint density at radius 1 is 1.28 bits per heavy atom. The molecule has 4 N–H and O–H groups in total. The molecule has 1 rings (SSSR count). The van der Waals surface area contributed by atoms with Gasteiger partial charge in [-0.3, -0.25) is 5.41 Å². The topological polar surface area (TPSA) is 96.0 Å². The van der Waals surface area contributed by atoms with Gasteiger partial charge in [-0.2, -0.15) is 0 Å².